The first-order chi connectivity index (χ1) is 8.90. The smallest absolute Gasteiger partial charge is 0.273 e. The third kappa shape index (κ3) is 3.03. The number of azo groups is 1. The number of rotatable bonds is 1. The second kappa shape index (κ2) is 4.90. The van der Waals surface area contributed by atoms with Crippen molar-refractivity contribution in [2.24, 2.45) is 16.1 Å². The molecular weight excluding hydrogens is 283 g/mol. The summed E-state index contributed by atoms with van der Waals surface area (Å²) in [5, 5.41) is 6.69. The zero-order chi connectivity index (χ0) is 14.0. The normalized spacial score (nSPS) is 12.2. The fourth-order valence-electron chi connectivity index (χ4n) is 1.25. The van der Waals surface area contributed by atoms with Crippen LogP contribution in [0.2, 0.25) is 0 Å². The van der Waals surface area contributed by atoms with Crippen LogP contribution in [-0.2, 0) is 6.18 Å². The Labute approximate surface area is 108 Å². The predicted octanol–water partition coefficient (Wildman–Crippen LogP) is 2.98. The quantitative estimate of drug-likeness (QED) is 0.366. The highest BCUT2D eigenvalue weighted by Gasteiger charge is 2.30. The topological polar surface area (TPSA) is 92.7 Å². The van der Waals surface area contributed by atoms with Gasteiger partial charge in [0.05, 0.1) is 15.8 Å². The number of carbonyl (C=O) groups is 1. The summed E-state index contributed by atoms with van der Waals surface area (Å²) in [5.41, 5.74) is 1.30. The minimum Gasteiger partial charge on any atom is -0.273 e. The average Bonchev–Trinajstić information content (AvgIpc) is 2.76. The van der Waals surface area contributed by atoms with Crippen LogP contribution >= 0.6 is 11.3 Å². The molecule has 1 aromatic carbocycles. The van der Waals surface area contributed by atoms with Gasteiger partial charge < -0.3 is 0 Å². The highest BCUT2D eigenvalue weighted by Crippen LogP contribution is 2.35. The summed E-state index contributed by atoms with van der Waals surface area (Å²) in [4.78, 5) is 14.6. The number of nitrogens with two attached hydrogens (primary N) is 1. The molecule has 6 nitrogen and oxygen atoms in total. The molecule has 0 spiro atoms. The highest BCUT2D eigenvalue weighted by molar-refractivity contribution is 7.21. The van der Waals surface area contributed by atoms with Gasteiger partial charge in [-0.1, -0.05) is 16.5 Å². The molecule has 0 fully saturated rings. The molecule has 2 rings (SSSR count). The first-order valence-electron chi connectivity index (χ1n) is 4.80. The van der Waals surface area contributed by atoms with Crippen LogP contribution < -0.4 is 11.3 Å². The lowest BCUT2D eigenvalue weighted by Crippen LogP contribution is -2.26. The zero-order valence-corrected chi connectivity index (χ0v) is 9.92. The molecule has 100 valence electrons. The predicted molar refractivity (Wildman–Crippen MR) is 61.9 cm³/mol. The minimum absolute atomic E-state index is 0.0675. The Balaban J connectivity index is 2.36. The number of aromatic nitrogens is 1. The van der Waals surface area contributed by atoms with E-state index >= 15 is 0 Å². The van der Waals surface area contributed by atoms with Crippen molar-refractivity contribution >= 4 is 32.7 Å². The number of fused-ring (bicyclic) bond motifs is 1. The summed E-state index contributed by atoms with van der Waals surface area (Å²) in [7, 11) is 0. The number of hydrazine groups is 1. The van der Waals surface area contributed by atoms with Crippen molar-refractivity contribution in [1.82, 2.24) is 10.4 Å². The van der Waals surface area contributed by atoms with Gasteiger partial charge in [-0.05, 0) is 18.2 Å². The molecule has 0 aliphatic heterocycles. The van der Waals surface area contributed by atoms with E-state index in [1.807, 2.05) is 0 Å². The number of hydrogen-bond acceptors (Lipinski definition) is 5. The molecule has 1 heterocycles. The maximum absolute atomic E-state index is 12.5. The van der Waals surface area contributed by atoms with Crippen molar-refractivity contribution in [2.45, 2.75) is 6.18 Å². The first-order valence-corrected chi connectivity index (χ1v) is 5.62. The summed E-state index contributed by atoms with van der Waals surface area (Å²) >= 11 is 0.888. The van der Waals surface area contributed by atoms with E-state index < -0.39 is 17.8 Å². The summed E-state index contributed by atoms with van der Waals surface area (Å²) in [5.74, 6) is 4.78. The van der Waals surface area contributed by atoms with Crippen LogP contribution in [0.4, 0.5) is 23.1 Å². The van der Waals surface area contributed by atoms with E-state index in [-0.39, 0.29) is 5.13 Å². The largest absolute Gasteiger partial charge is 0.416 e. The molecule has 0 aliphatic carbocycles. The van der Waals surface area contributed by atoms with E-state index in [4.69, 9.17) is 5.84 Å². The van der Waals surface area contributed by atoms with Crippen LogP contribution in [0.15, 0.2) is 28.4 Å². The van der Waals surface area contributed by atoms with Crippen LogP contribution in [0.1, 0.15) is 5.56 Å². The molecule has 2 aromatic rings. The van der Waals surface area contributed by atoms with E-state index in [0.717, 1.165) is 23.5 Å². The zero-order valence-electron chi connectivity index (χ0n) is 9.10. The Morgan fingerprint density at radius 3 is 2.79 bits per heavy atom. The summed E-state index contributed by atoms with van der Waals surface area (Å²) < 4.78 is 37.8. The number of urea groups is 1. The van der Waals surface area contributed by atoms with Crippen LogP contribution in [0.5, 0.6) is 0 Å². The number of nitrogens with zero attached hydrogens (tertiary/aromatic N) is 3. The number of benzene rings is 1. The molecule has 0 aliphatic rings. The van der Waals surface area contributed by atoms with Gasteiger partial charge in [-0.2, -0.15) is 13.2 Å². The van der Waals surface area contributed by atoms with Gasteiger partial charge in [-0.25, -0.2) is 15.6 Å². The minimum atomic E-state index is -4.42. The van der Waals surface area contributed by atoms with Gasteiger partial charge in [-0.3, -0.25) is 5.43 Å². The number of carbonyl (C=O) groups excluding carboxylic acids is 1. The lowest BCUT2D eigenvalue weighted by Gasteiger charge is -2.04. The van der Waals surface area contributed by atoms with E-state index in [1.165, 1.54) is 6.07 Å². The molecular formula is C9H6F3N5OS. The van der Waals surface area contributed by atoms with Crippen molar-refractivity contribution in [2.75, 3.05) is 0 Å². The monoisotopic (exact) mass is 289 g/mol. The van der Waals surface area contributed by atoms with Gasteiger partial charge in [-0.15, -0.1) is 5.11 Å². The van der Waals surface area contributed by atoms with E-state index in [0.29, 0.717) is 10.2 Å². The van der Waals surface area contributed by atoms with Gasteiger partial charge in [0.15, 0.2) is 0 Å². The molecule has 3 N–H and O–H groups in total. The Kier molecular flexibility index (Phi) is 3.44. The highest BCUT2D eigenvalue weighted by atomic mass is 32.1. The second-order valence-corrected chi connectivity index (χ2v) is 4.34. The summed E-state index contributed by atoms with van der Waals surface area (Å²) in [6.07, 6.45) is -4.42. The molecule has 0 bridgehead atoms. The van der Waals surface area contributed by atoms with Gasteiger partial charge in [0.25, 0.3) is 0 Å². The fourth-order valence-corrected chi connectivity index (χ4v) is 2.08. The summed E-state index contributed by atoms with van der Waals surface area (Å²) in [6, 6.07) is 2.25. The van der Waals surface area contributed by atoms with Gasteiger partial charge in [0.1, 0.15) is 0 Å². The van der Waals surface area contributed by atoms with Crippen molar-refractivity contribution in [3.05, 3.63) is 23.8 Å². The van der Waals surface area contributed by atoms with Gasteiger partial charge in [0.2, 0.25) is 5.13 Å². The lowest BCUT2D eigenvalue weighted by molar-refractivity contribution is -0.137. The van der Waals surface area contributed by atoms with E-state index in [2.05, 4.69) is 15.2 Å². The third-order valence-electron chi connectivity index (χ3n) is 2.05. The Bertz CT molecular complexity index is 651. The van der Waals surface area contributed by atoms with E-state index in [9.17, 15) is 18.0 Å². The SMILES string of the molecule is NNC(=O)N=Nc1nc2ccc(C(F)(F)F)cc2s1. The van der Waals surface area contributed by atoms with Gasteiger partial charge >= 0.3 is 12.2 Å². The number of nitrogens with one attached hydrogen (secondary N) is 1. The molecule has 0 saturated carbocycles. The standard InChI is InChI=1S/C9H6F3N5OS/c10-9(11,12)4-1-2-5-6(3-4)19-8(14-5)17-16-7(18)15-13/h1-3H,13H2,(H,15,18). The summed E-state index contributed by atoms with van der Waals surface area (Å²) in [6.45, 7) is 0. The third-order valence-corrected chi connectivity index (χ3v) is 2.96. The Hall–Kier alpha value is -2.07. The second-order valence-electron chi connectivity index (χ2n) is 3.33. The van der Waals surface area contributed by atoms with Crippen molar-refractivity contribution in [3.8, 4) is 0 Å². The van der Waals surface area contributed by atoms with Crippen LogP contribution in [-0.4, -0.2) is 11.0 Å². The van der Waals surface area contributed by atoms with Crippen molar-refractivity contribution in [1.29, 1.82) is 0 Å². The van der Waals surface area contributed by atoms with Crippen molar-refractivity contribution < 1.29 is 18.0 Å². The van der Waals surface area contributed by atoms with Crippen LogP contribution in [0.3, 0.4) is 0 Å². The molecule has 10 heteroatoms. The Morgan fingerprint density at radius 2 is 2.16 bits per heavy atom. The number of halogens is 3. The number of alkyl halides is 3. The number of amides is 2. The van der Waals surface area contributed by atoms with Crippen LogP contribution in [0.25, 0.3) is 10.2 Å². The number of hydrogen-bond donors (Lipinski definition) is 2. The molecule has 0 radical (unpaired) electrons. The maximum atomic E-state index is 12.5. The molecule has 2 amide bonds. The van der Waals surface area contributed by atoms with E-state index in [1.54, 1.807) is 5.43 Å². The fraction of sp³-hybridized carbons (Fsp3) is 0.111. The molecule has 0 unspecified atom stereocenters. The number of thiazole rings is 1. The first kappa shape index (κ1) is 13.4. The average molecular weight is 289 g/mol. The molecule has 0 saturated heterocycles. The maximum Gasteiger partial charge on any atom is 0.416 e. The molecule has 1 aromatic heterocycles. The van der Waals surface area contributed by atoms with Crippen LogP contribution in [0, 0.1) is 0 Å². The lowest BCUT2D eigenvalue weighted by atomic mass is 10.2. The van der Waals surface area contributed by atoms with Crippen molar-refractivity contribution in [3.63, 3.8) is 0 Å². The Morgan fingerprint density at radius 1 is 1.42 bits per heavy atom. The van der Waals surface area contributed by atoms with Gasteiger partial charge in [0, 0.05) is 0 Å². The molecule has 19 heavy (non-hydrogen) atoms. The molecule has 0 atom stereocenters.